The molecule has 0 saturated heterocycles. The topological polar surface area (TPSA) is 18.5 Å². The Morgan fingerprint density at radius 1 is 0.950 bits per heavy atom. The highest BCUT2D eigenvalue weighted by atomic mass is 16.7. The molecule has 0 heterocycles. The van der Waals surface area contributed by atoms with Gasteiger partial charge in [-0.1, -0.05) is 70.3 Å². The SMILES string of the molecule is [2H]/C(=C/CCC([2H])([2H])C([2H])([2H])CCCCCCOCOC)CCCC. The van der Waals surface area contributed by atoms with Crippen LogP contribution in [-0.2, 0) is 9.47 Å². The van der Waals surface area contributed by atoms with E-state index in [1.807, 2.05) is 0 Å². The summed E-state index contributed by atoms with van der Waals surface area (Å²) < 4.78 is 50.1. The number of rotatable bonds is 16. The lowest BCUT2D eigenvalue weighted by atomic mass is 10.1. The molecule has 0 bridgehead atoms. The Kier molecular flexibility index (Phi) is 11.4. The number of ether oxygens (including phenoxy) is 2. The highest BCUT2D eigenvalue weighted by Crippen LogP contribution is 2.10. The molecule has 0 unspecified atom stereocenters. The van der Waals surface area contributed by atoms with Crippen LogP contribution < -0.4 is 0 Å². The molecule has 0 atom stereocenters. The summed E-state index contributed by atoms with van der Waals surface area (Å²) in [6, 6.07) is 0.536. The van der Waals surface area contributed by atoms with Crippen LogP contribution in [0.2, 0.25) is 0 Å². The molecule has 0 amide bonds. The Balaban J connectivity index is 4.04. The van der Waals surface area contributed by atoms with Crippen LogP contribution in [0.3, 0.4) is 0 Å². The summed E-state index contributed by atoms with van der Waals surface area (Å²) in [6.07, 6.45) is 4.96. The van der Waals surface area contributed by atoms with Gasteiger partial charge in [-0.2, -0.15) is 0 Å². The predicted molar refractivity (Wildman–Crippen MR) is 88.0 cm³/mol. The Morgan fingerprint density at radius 3 is 2.50 bits per heavy atom. The molecular weight excluding hydrogens is 248 g/mol. The van der Waals surface area contributed by atoms with Gasteiger partial charge in [-0.15, -0.1) is 0 Å². The molecule has 0 N–H and O–H groups in total. The van der Waals surface area contributed by atoms with Gasteiger partial charge in [0, 0.05) is 19.2 Å². The third kappa shape index (κ3) is 17.7. The first-order chi connectivity index (χ1) is 11.8. The minimum atomic E-state index is -1.86. The molecule has 0 aliphatic heterocycles. The molecule has 20 heavy (non-hydrogen) atoms. The summed E-state index contributed by atoms with van der Waals surface area (Å²) in [5.41, 5.74) is 0. The second-order valence-electron chi connectivity index (χ2n) is 4.88. The Labute approximate surface area is 134 Å². The summed E-state index contributed by atoms with van der Waals surface area (Å²) in [5, 5.41) is 0. The molecular formula is C18H36O2. The third-order valence-corrected chi connectivity index (χ3v) is 2.90. The molecule has 0 spiro atoms. The van der Waals surface area contributed by atoms with Gasteiger partial charge >= 0.3 is 0 Å². The number of allylic oxidation sites excluding steroid dienone is 2. The zero-order valence-corrected chi connectivity index (χ0v) is 13.4. The quantitative estimate of drug-likeness (QED) is 0.201. The van der Waals surface area contributed by atoms with Crippen molar-refractivity contribution < 1.29 is 16.3 Å². The maximum Gasteiger partial charge on any atom is 0.146 e. The summed E-state index contributed by atoms with van der Waals surface area (Å²) >= 11 is 0. The van der Waals surface area contributed by atoms with E-state index in [1.54, 1.807) is 13.2 Å². The van der Waals surface area contributed by atoms with Crippen molar-refractivity contribution in [1.82, 2.24) is 0 Å². The van der Waals surface area contributed by atoms with E-state index in [4.69, 9.17) is 16.3 Å². The van der Waals surface area contributed by atoms with Crippen LogP contribution in [0, 0.1) is 0 Å². The predicted octanol–water partition coefficient (Wildman–Crippen LogP) is 5.86. The zero-order valence-electron chi connectivity index (χ0n) is 18.4. The first kappa shape index (κ1) is 12.2. The van der Waals surface area contributed by atoms with E-state index in [0.717, 1.165) is 38.5 Å². The van der Waals surface area contributed by atoms with E-state index in [0.29, 0.717) is 32.3 Å². The molecule has 0 aromatic rings. The minimum Gasteiger partial charge on any atom is -0.359 e. The van der Waals surface area contributed by atoms with E-state index >= 15 is 0 Å². The largest absolute Gasteiger partial charge is 0.359 e. The minimum absolute atomic E-state index is 0.124. The van der Waals surface area contributed by atoms with Crippen LogP contribution >= 0.6 is 0 Å². The van der Waals surface area contributed by atoms with Gasteiger partial charge in [0.25, 0.3) is 0 Å². The standard InChI is InChI=1S/C18H36O2/c1-3-4-5-6-7-8-9-10-11-12-13-14-15-16-17-20-18-19-2/h6-7H,3-5,8-18H2,1-2H3/b7-6-/i6D,10D2,11D2. The fourth-order valence-electron chi connectivity index (χ4n) is 1.72. The average molecular weight is 290 g/mol. The smallest absolute Gasteiger partial charge is 0.146 e. The fraction of sp³-hybridized carbons (Fsp3) is 0.889. The van der Waals surface area contributed by atoms with Crippen LogP contribution in [0.25, 0.3) is 0 Å². The highest BCUT2D eigenvalue weighted by molar-refractivity contribution is 4.81. The van der Waals surface area contributed by atoms with Gasteiger partial charge in [-0.3, -0.25) is 0 Å². The summed E-state index contributed by atoms with van der Waals surface area (Å²) in [5.74, 6) is 0. The van der Waals surface area contributed by atoms with Crippen LogP contribution in [0.15, 0.2) is 12.1 Å². The molecule has 0 aliphatic rings. The van der Waals surface area contributed by atoms with Gasteiger partial charge in [0.2, 0.25) is 0 Å². The Bertz CT molecular complexity index is 359. The summed E-state index contributed by atoms with van der Waals surface area (Å²) in [7, 11) is 1.59. The lowest BCUT2D eigenvalue weighted by Crippen LogP contribution is -1.98. The van der Waals surface area contributed by atoms with Gasteiger partial charge in [-0.25, -0.2) is 0 Å². The molecule has 0 rings (SSSR count). The molecule has 0 aliphatic carbocycles. The van der Waals surface area contributed by atoms with Gasteiger partial charge < -0.3 is 9.47 Å². The summed E-state index contributed by atoms with van der Waals surface area (Å²) in [6.45, 7) is 3.02. The van der Waals surface area contributed by atoms with Crippen LogP contribution in [0.4, 0.5) is 0 Å². The average Bonchev–Trinajstić information content (AvgIpc) is 2.55. The van der Waals surface area contributed by atoms with E-state index in [9.17, 15) is 0 Å². The second-order valence-corrected chi connectivity index (χ2v) is 4.88. The van der Waals surface area contributed by atoms with Gasteiger partial charge in [-0.05, 0) is 25.7 Å². The number of hydrogen-bond acceptors (Lipinski definition) is 2. The lowest BCUT2D eigenvalue weighted by molar-refractivity contribution is -0.0315. The second kappa shape index (κ2) is 18.7. The normalized spacial score (nSPS) is 17.1. The van der Waals surface area contributed by atoms with Crippen molar-refractivity contribution in [2.45, 2.75) is 83.9 Å². The molecule has 0 aromatic carbocycles. The van der Waals surface area contributed by atoms with Crippen molar-refractivity contribution in [3.63, 3.8) is 0 Å². The number of unbranched alkanes of at least 4 members (excludes halogenated alkanes) is 4. The molecule has 2 nitrogen and oxygen atoms in total. The van der Waals surface area contributed by atoms with Crippen molar-refractivity contribution in [1.29, 1.82) is 0 Å². The Morgan fingerprint density at radius 2 is 1.70 bits per heavy atom. The van der Waals surface area contributed by atoms with E-state index in [1.165, 1.54) is 0 Å². The van der Waals surface area contributed by atoms with Crippen LogP contribution in [0.5, 0.6) is 0 Å². The molecule has 2 heteroatoms. The van der Waals surface area contributed by atoms with Crippen molar-refractivity contribution in [2.75, 3.05) is 20.5 Å². The van der Waals surface area contributed by atoms with Crippen LogP contribution in [-0.4, -0.2) is 20.5 Å². The van der Waals surface area contributed by atoms with Crippen molar-refractivity contribution in [2.24, 2.45) is 0 Å². The van der Waals surface area contributed by atoms with E-state index in [2.05, 4.69) is 6.92 Å². The van der Waals surface area contributed by atoms with Crippen molar-refractivity contribution in [3.05, 3.63) is 12.1 Å². The van der Waals surface area contributed by atoms with E-state index in [-0.39, 0.29) is 12.8 Å². The number of methoxy groups -OCH3 is 1. The molecule has 0 fully saturated rings. The monoisotopic (exact) mass is 289 g/mol. The maximum atomic E-state index is 8.08. The molecule has 120 valence electrons. The molecule has 0 radical (unpaired) electrons. The van der Waals surface area contributed by atoms with Crippen molar-refractivity contribution >= 4 is 0 Å². The van der Waals surface area contributed by atoms with E-state index < -0.39 is 12.7 Å². The van der Waals surface area contributed by atoms with Crippen LogP contribution in [0.1, 0.15) is 90.7 Å². The number of hydrogen-bond donors (Lipinski definition) is 0. The highest BCUT2D eigenvalue weighted by Gasteiger charge is 1.92. The first-order valence-electron chi connectivity index (χ1n) is 10.5. The third-order valence-electron chi connectivity index (χ3n) is 2.90. The molecule has 0 aromatic heterocycles. The lowest BCUT2D eigenvalue weighted by Gasteiger charge is -2.03. The summed E-state index contributed by atoms with van der Waals surface area (Å²) in [4.78, 5) is 0. The van der Waals surface area contributed by atoms with Gasteiger partial charge in [0.15, 0.2) is 0 Å². The maximum absolute atomic E-state index is 8.08. The van der Waals surface area contributed by atoms with Gasteiger partial charge in [0.05, 0.1) is 1.37 Å². The Hall–Kier alpha value is -0.340. The fourth-order valence-corrected chi connectivity index (χ4v) is 1.72. The molecule has 0 saturated carbocycles. The van der Waals surface area contributed by atoms with Gasteiger partial charge in [0.1, 0.15) is 6.79 Å². The first-order valence-corrected chi connectivity index (χ1v) is 7.99. The zero-order chi connectivity index (χ0) is 19.2. The van der Waals surface area contributed by atoms with Crippen molar-refractivity contribution in [3.8, 4) is 0 Å².